The predicted octanol–water partition coefficient (Wildman–Crippen LogP) is 1.69. The minimum atomic E-state index is -0.147. The molecule has 174 valence electrons. The standard InChI is InChI=1S/C22H36N6O2.HI/c1-24-22(25-10-4-5-11-26-12-8-18(9-13-26)21(23)30)28-16-14-27(15-17-28)19-6-2-3-7-20(19)29;/h2-3,6-7,18,29H,4-5,8-17H2,1H3,(H2,23,30)(H,24,25);1H. The lowest BCUT2D eigenvalue weighted by atomic mass is 9.96. The monoisotopic (exact) mass is 544 g/mol. The van der Waals surface area contributed by atoms with E-state index >= 15 is 0 Å². The highest BCUT2D eigenvalue weighted by Crippen LogP contribution is 2.27. The van der Waals surface area contributed by atoms with Crippen molar-refractivity contribution in [2.45, 2.75) is 25.7 Å². The second kappa shape index (κ2) is 12.9. The van der Waals surface area contributed by atoms with Gasteiger partial charge < -0.3 is 30.9 Å². The number of aliphatic imine (C=N–C) groups is 1. The van der Waals surface area contributed by atoms with E-state index < -0.39 is 0 Å². The average Bonchev–Trinajstić information content (AvgIpc) is 2.77. The molecule has 2 saturated heterocycles. The number of likely N-dealkylation sites (tertiary alicyclic amines) is 1. The molecule has 0 unspecified atom stereocenters. The minimum absolute atomic E-state index is 0. The third kappa shape index (κ3) is 7.41. The Kier molecular flexibility index (Phi) is 10.7. The second-order valence-corrected chi connectivity index (χ2v) is 8.16. The average molecular weight is 544 g/mol. The van der Waals surface area contributed by atoms with E-state index in [1.165, 1.54) is 0 Å². The number of anilines is 1. The largest absolute Gasteiger partial charge is 0.506 e. The number of nitrogens with one attached hydrogen (secondary N) is 1. The predicted molar refractivity (Wildman–Crippen MR) is 136 cm³/mol. The lowest BCUT2D eigenvalue weighted by molar-refractivity contribution is -0.123. The number of phenols is 1. The molecule has 4 N–H and O–H groups in total. The SMILES string of the molecule is CN=C(NCCCCN1CCC(C(N)=O)CC1)N1CCN(c2ccccc2O)CC1.I. The number of rotatable bonds is 7. The van der Waals surface area contributed by atoms with Crippen molar-refractivity contribution in [3.8, 4) is 5.75 Å². The fourth-order valence-corrected chi connectivity index (χ4v) is 4.32. The number of hydrogen-bond acceptors (Lipinski definition) is 5. The number of nitrogens with two attached hydrogens (primary N) is 1. The number of aromatic hydroxyl groups is 1. The van der Waals surface area contributed by atoms with E-state index in [1.807, 2.05) is 25.2 Å². The van der Waals surface area contributed by atoms with Crippen LogP contribution in [0.2, 0.25) is 0 Å². The Morgan fingerprint density at radius 2 is 1.81 bits per heavy atom. The molecule has 1 aromatic carbocycles. The van der Waals surface area contributed by atoms with Crippen molar-refractivity contribution < 1.29 is 9.90 Å². The second-order valence-electron chi connectivity index (χ2n) is 8.16. The van der Waals surface area contributed by atoms with Crippen LogP contribution in [-0.2, 0) is 4.79 Å². The number of amides is 1. The molecule has 0 spiro atoms. The number of benzene rings is 1. The molecule has 2 aliphatic heterocycles. The fraction of sp³-hybridized carbons (Fsp3) is 0.636. The lowest BCUT2D eigenvalue weighted by Crippen LogP contribution is -2.52. The molecule has 31 heavy (non-hydrogen) atoms. The molecular weight excluding hydrogens is 507 g/mol. The molecule has 1 amide bonds. The zero-order valence-electron chi connectivity index (χ0n) is 18.5. The summed E-state index contributed by atoms with van der Waals surface area (Å²) in [5.41, 5.74) is 6.31. The first-order valence-electron chi connectivity index (χ1n) is 11.1. The maximum absolute atomic E-state index is 11.3. The molecule has 9 heteroatoms. The Morgan fingerprint density at radius 1 is 1.13 bits per heavy atom. The number of nitrogens with zero attached hydrogens (tertiary/aromatic N) is 4. The highest BCUT2D eigenvalue weighted by molar-refractivity contribution is 14.0. The Labute approximate surface area is 202 Å². The van der Waals surface area contributed by atoms with Gasteiger partial charge in [0.15, 0.2) is 5.96 Å². The molecule has 0 radical (unpaired) electrons. The maximum Gasteiger partial charge on any atom is 0.220 e. The van der Waals surface area contributed by atoms with Gasteiger partial charge in [-0.1, -0.05) is 12.1 Å². The molecule has 1 aromatic rings. The van der Waals surface area contributed by atoms with Crippen LogP contribution in [0.15, 0.2) is 29.3 Å². The minimum Gasteiger partial charge on any atom is -0.506 e. The van der Waals surface area contributed by atoms with Crippen molar-refractivity contribution in [1.29, 1.82) is 0 Å². The number of para-hydroxylation sites is 2. The first-order valence-corrected chi connectivity index (χ1v) is 11.1. The van der Waals surface area contributed by atoms with E-state index in [0.717, 1.165) is 89.7 Å². The summed E-state index contributed by atoms with van der Waals surface area (Å²) < 4.78 is 0. The van der Waals surface area contributed by atoms with Crippen LogP contribution in [0.4, 0.5) is 5.69 Å². The van der Waals surface area contributed by atoms with Crippen LogP contribution in [0.1, 0.15) is 25.7 Å². The van der Waals surface area contributed by atoms with Crippen LogP contribution in [-0.4, -0.2) is 86.2 Å². The summed E-state index contributed by atoms with van der Waals surface area (Å²) in [6.45, 7) is 7.41. The Balaban J connectivity index is 0.00000341. The Morgan fingerprint density at radius 3 is 2.42 bits per heavy atom. The van der Waals surface area contributed by atoms with E-state index in [1.54, 1.807) is 6.07 Å². The number of piperazine rings is 1. The normalized spacial score (nSPS) is 18.5. The summed E-state index contributed by atoms with van der Waals surface area (Å²) in [6, 6.07) is 7.52. The molecule has 8 nitrogen and oxygen atoms in total. The van der Waals surface area contributed by atoms with Gasteiger partial charge in [0, 0.05) is 45.7 Å². The van der Waals surface area contributed by atoms with Crippen molar-refractivity contribution >= 4 is 41.5 Å². The summed E-state index contributed by atoms with van der Waals surface area (Å²) in [6.07, 6.45) is 4.01. The molecule has 2 fully saturated rings. The number of carbonyl (C=O) groups is 1. The number of piperidine rings is 1. The van der Waals surface area contributed by atoms with Crippen molar-refractivity contribution in [3.05, 3.63) is 24.3 Å². The summed E-state index contributed by atoms with van der Waals surface area (Å²) in [4.78, 5) is 22.6. The van der Waals surface area contributed by atoms with E-state index in [0.29, 0.717) is 5.75 Å². The van der Waals surface area contributed by atoms with Crippen molar-refractivity contribution in [2.75, 3.05) is 64.3 Å². The van der Waals surface area contributed by atoms with Crippen LogP contribution in [0.3, 0.4) is 0 Å². The van der Waals surface area contributed by atoms with Crippen molar-refractivity contribution in [1.82, 2.24) is 15.1 Å². The van der Waals surface area contributed by atoms with Gasteiger partial charge in [-0.15, -0.1) is 24.0 Å². The van der Waals surface area contributed by atoms with Crippen LogP contribution in [0.25, 0.3) is 0 Å². The molecule has 2 aliphatic rings. The molecule has 0 atom stereocenters. The summed E-state index contributed by atoms with van der Waals surface area (Å²) in [5.74, 6) is 1.21. The van der Waals surface area contributed by atoms with Crippen molar-refractivity contribution in [2.24, 2.45) is 16.6 Å². The zero-order valence-corrected chi connectivity index (χ0v) is 20.8. The van der Waals surface area contributed by atoms with Gasteiger partial charge in [0.1, 0.15) is 5.75 Å². The maximum atomic E-state index is 11.3. The third-order valence-electron chi connectivity index (χ3n) is 6.19. The number of halogens is 1. The number of hydrogen-bond donors (Lipinski definition) is 3. The molecular formula is C22H37IN6O2. The zero-order chi connectivity index (χ0) is 21.3. The van der Waals surface area contributed by atoms with Gasteiger partial charge in [-0.3, -0.25) is 9.79 Å². The third-order valence-corrected chi connectivity index (χ3v) is 6.19. The van der Waals surface area contributed by atoms with Crippen LogP contribution in [0, 0.1) is 5.92 Å². The van der Waals surface area contributed by atoms with Gasteiger partial charge in [-0.2, -0.15) is 0 Å². The van der Waals surface area contributed by atoms with Gasteiger partial charge in [0.2, 0.25) is 5.91 Å². The summed E-state index contributed by atoms with van der Waals surface area (Å²) in [5, 5.41) is 13.6. The van der Waals surface area contributed by atoms with Gasteiger partial charge in [0.05, 0.1) is 5.69 Å². The van der Waals surface area contributed by atoms with Gasteiger partial charge in [0.25, 0.3) is 0 Å². The van der Waals surface area contributed by atoms with Crippen molar-refractivity contribution in [3.63, 3.8) is 0 Å². The summed E-state index contributed by atoms with van der Waals surface area (Å²) >= 11 is 0. The molecule has 2 heterocycles. The molecule has 0 aliphatic carbocycles. The molecule has 0 aromatic heterocycles. The number of carbonyl (C=O) groups excluding carboxylic acids is 1. The van der Waals surface area contributed by atoms with Crippen LogP contribution in [0.5, 0.6) is 5.75 Å². The highest BCUT2D eigenvalue weighted by Gasteiger charge is 2.23. The smallest absolute Gasteiger partial charge is 0.220 e. The fourth-order valence-electron chi connectivity index (χ4n) is 4.32. The first kappa shape index (κ1) is 25.5. The number of phenolic OH excluding ortho intramolecular Hbond substituents is 1. The van der Waals surface area contributed by atoms with E-state index in [9.17, 15) is 9.90 Å². The van der Waals surface area contributed by atoms with E-state index in [2.05, 4.69) is 25.0 Å². The topological polar surface area (TPSA) is 97.4 Å². The Hall–Kier alpha value is -1.75. The number of primary amides is 1. The quantitative estimate of drug-likeness (QED) is 0.209. The van der Waals surface area contributed by atoms with Crippen LogP contribution >= 0.6 is 24.0 Å². The molecule has 0 saturated carbocycles. The van der Waals surface area contributed by atoms with E-state index in [4.69, 9.17) is 5.73 Å². The van der Waals surface area contributed by atoms with Gasteiger partial charge >= 0.3 is 0 Å². The number of unbranched alkanes of at least 4 members (excludes halogenated alkanes) is 1. The van der Waals surface area contributed by atoms with Gasteiger partial charge in [-0.25, -0.2) is 0 Å². The first-order chi connectivity index (χ1) is 14.6. The lowest BCUT2D eigenvalue weighted by Gasteiger charge is -2.37. The highest BCUT2D eigenvalue weighted by atomic mass is 127. The van der Waals surface area contributed by atoms with Crippen LogP contribution < -0.4 is 16.0 Å². The molecule has 0 bridgehead atoms. The Bertz CT molecular complexity index is 716. The van der Waals surface area contributed by atoms with Gasteiger partial charge in [-0.05, 0) is 57.5 Å². The summed E-state index contributed by atoms with van der Waals surface area (Å²) in [7, 11) is 1.83. The number of guanidine groups is 1. The molecule has 3 rings (SSSR count). The van der Waals surface area contributed by atoms with E-state index in [-0.39, 0.29) is 35.8 Å².